The lowest BCUT2D eigenvalue weighted by molar-refractivity contribution is -0.115. The zero-order valence-electron chi connectivity index (χ0n) is 11.2. The molecule has 0 aromatic heterocycles. The Morgan fingerprint density at radius 2 is 1.95 bits per heavy atom. The summed E-state index contributed by atoms with van der Waals surface area (Å²) in [5.41, 5.74) is 9.04. The molecule has 3 N–H and O–H groups in total. The summed E-state index contributed by atoms with van der Waals surface area (Å²) in [5.74, 6) is -0.157. The van der Waals surface area contributed by atoms with E-state index in [2.05, 4.69) is 5.32 Å². The molecular weight excluding hydrogens is 250 g/mol. The number of carbonyl (C=O) groups excluding carboxylic acids is 1. The summed E-state index contributed by atoms with van der Waals surface area (Å²) in [6.45, 7) is 2.00. The number of aryl methyl sites for hydroxylation is 1. The molecule has 4 nitrogen and oxygen atoms in total. The van der Waals surface area contributed by atoms with E-state index in [1.54, 1.807) is 18.2 Å². The quantitative estimate of drug-likeness (QED) is 0.837. The molecule has 0 atom stereocenters. The predicted octanol–water partition coefficient (Wildman–Crippen LogP) is 2.63. The van der Waals surface area contributed by atoms with Gasteiger partial charge in [-0.1, -0.05) is 29.8 Å². The molecule has 0 aliphatic heterocycles. The number of nitriles is 1. The third kappa shape index (κ3) is 3.36. The number of anilines is 2. The molecule has 0 fully saturated rings. The van der Waals surface area contributed by atoms with Gasteiger partial charge in [0.15, 0.2) is 0 Å². The lowest BCUT2D eigenvalue weighted by Crippen LogP contribution is -2.15. The number of carbonyl (C=O) groups is 1. The van der Waals surface area contributed by atoms with Gasteiger partial charge in [-0.3, -0.25) is 4.79 Å². The Kier molecular flexibility index (Phi) is 4.02. The van der Waals surface area contributed by atoms with Crippen LogP contribution in [0.2, 0.25) is 0 Å². The van der Waals surface area contributed by atoms with Gasteiger partial charge in [0.25, 0.3) is 0 Å². The molecule has 0 unspecified atom stereocenters. The van der Waals surface area contributed by atoms with Crippen LogP contribution >= 0.6 is 0 Å². The fraction of sp³-hybridized carbons (Fsp3) is 0.125. The van der Waals surface area contributed by atoms with Crippen molar-refractivity contribution in [3.8, 4) is 6.07 Å². The molecule has 0 aliphatic carbocycles. The van der Waals surface area contributed by atoms with Gasteiger partial charge in [0.05, 0.1) is 17.7 Å². The maximum atomic E-state index is 12.0. The molecule has 0 bridgehead atoms. The molecule has 0 radical (unpaired) electrons. The predicted molar refractivity (Wildman–Crippen MR) is 79.1 cm³/mol. The summed E-state index contributed by atoms with van der Waals surface area (Å²) in [7, 11) is 0. The maximum absolute atomic E-state index is 12.0. The van der Waals surface area contributed by atoms with Gasteiger partial charge in [0.1, 0.15) is 6.07 Å². The number of nitrogens with zero attached hydrogens (tertiary/aromatic N) is 1. The van der Waals surface area contributed by atoms with Crippen LogP contribution in [0.1, 0.15) is 16.7 Å². The Bertz CT molecular complexity index is 669. The average Bonchev–Trinajstić information content (AvgIpc) is 2.43. The monoisotopic (exact) mass is 265 g/mol. The fourth-order valence-electron chi connectivity index (χ4n) is 1.85. The van der Waals surface area contributed by atoms with Crippen LogP contribution in [0.15, 0.2) is 42.5 Å². The summed E-state index contributed by atoms with van der Waals surface area (Å²) in [6, 6.07) is 14.6. The van der Waals surface area contributed by atoms with Crippen molar-refractivity contribution < 1.29 is 4.79 Å². The molecule has 0 spiro atoms. The Morgan fingerprint density at radius 3 is 2.60 bits per heavy atom. The molecular formula is C16H15N3O. The van der Waals surface area contributed by atoms with Crippen LogP contribution < -0.4 is 11.1 Å². The van der Waals surface area contributed by atoms with Crippen molar-refractivity contribution in [3.05, 3.63) is 59.2 Å². The van der Waals surface area contributed by atoms with Crippen LogP contribution in [-0.2, 0) is 11.2 Å². The van der Waals surface area contributed by atoms with Crippen LogP contribution in [0.25, 0.3) is 0 Å². The molecule has 1 amide bonds. The van der Waals surface area contributed by atoms with Crippen LogP contribution in [0.3, 0.4) is 0 Å². The van der Waals surface area contributed by atoms with Crippen LogP contribution in [0.4, 0.5) is 11.4 Å². The largest absolute Gasteiger partial charge is 0.399 e. The Morgan fingerprint density at radius 1 is 1.25 bits per heavy atom. The van der Waals surface area contributed by atoms with Crippen molar-refractivity contribution in [2.75, 3.05) is 11.1 Å². The molecule has 0 saturated heterocycles. The Labute approximate surface area is 117 Å². The van der Waals surface area contributed by atoms with Gasteiger partial charge in [-0.05, 0) is 30.7 Å². The highest BCUT2D eigenvalue weighted by molar-refractivity contribution is 5.93. The summed E-state index contributed by atoms with van der Waals surface area (Å²) in [6.07, 6.45) is 0.273. The summed E-state index contributed by atoms with van der Waals surface area (Å²) in [5, 5.41) is 11.8. The zero-order valence-corrected chi connectivity index (χ0v) is 11.2. The molecule has 4 heteroatoms. The maximum Gasteiger partial charge on any atom is 0.228 e. The minimum atomic E-state index is -0.157. The first-order valence-corrected chi connectivity index (χ1v) is 6.23. The van der Waals surface area contributed by atoms with Crippen molar-refractivity contribution in [1.29, 1.82) is 5.26 Å². The van der Waals surface area contributed by atoms with E-state index in [1.165, 1.54) is 0 Å². The van der Waals surface area contributed by atoms with E-state index in [4.69, 9.17) is 11.0 Å². The third-order valence-corrected chi connectivity index (χ3v) is 2.92. The number of benzene rings is 2. The minimum absolute atomic E-state index is 0.157. The molecule has 2 aromatic carbocycles. The second kappa shape index (κ2) is 5.89. The van der Waals surface area contributed by atoms with Crippen LogP contribution in [0, 0.1) is 18.3 Å². The zero-order chi connectivity index (χ0) is 14.5. The van der Waals surface area contributed by atoms with Crippen LogP contribution in [0.5, 0.6) is 0 Å². The fourth-order valence-corrected chi connectivity index (χ4v) is 1.85. The molecule has 0 heterocycles. The van der Waals surface area contributed by atoms with Gasteiger partial charge in [-0.15, -0.1) is 0 Å². The van der Waals surface area contributed by atoms with Crippen molar-refractivity contribution in [3.63, 3.8) is 0 Å². The minimum Gasteiger partial charge on any atom is -0.399 e. The highest BCUT2D eigenvalue weighted by Crippen LogP contribution is 2.18. The standard InChI is InChI=1S/C16H15N3O/c1-11-2-4-12(5-3-11)8-16(20)19-15-7-6-14(18)9-13(15)10-17/h2-7,9H,8,18H2,1H3,(H,19,20). The number of nitrogens with one attached hydrogen (secondary N) is 1. The lowest BCUT2D eigenvalue weighted by Gasteiger charge is -2.08. The SMILES string of the molecule is Cc1ccc(CC(=O)Nc2ccc(N)cc2C#N)cc1. The highest BCUT2D eigenvalue weighted by Gasteiger charge is 2.08. The van der Waals surface area contributed by atoms with Crippen molar-refractivity contribution in [1.82, 2.24) is 0 Å². The van der Waals surface area contributed by atoms with E-state index in [0.717, 1.165) is 11.1 Å². The molecule has 2 aromatic rings. The second-order valence-electron chi connectivity index (χ2n) is 4.63. The topological polar surface area (TPSA) is 78.9 Å². The first-order chi connectivity index (χ1) is 9.58. The van der Waals surface area contributed by atoms with E-state index < -0.39 is 0 Å². The van der Waals surface area contributed by atoms with E-state index >= 15 is 0 Å². The normalized spacial score (nSPS) is 9.80. The summed E-state index contributed by atoms with van der Waals surface area (Å²) >= 11 is 0. The number of amides is 1. The second-order valence-corrected chi connectivity index (χ2v) is 4.63. The Balaban J connectivity index is 2.09. The van der Waals surface area contributed by atoms with E-state index in [0.29, 0.717) is 16.9 Å². The van der Waals surface area contributed by atoms with Gasteiger partial charge in [0.2, 0.25) is 5.91 Å². The number of hydrogen-bond donors (Lipinski definition) is 2. The molecule has 0 aliphatic rings. The van der Waals surface area contributed by atoms with Gasteiger partial charge < -0.3 is 11.1 Å². The van der Waals surface area contributed by atoms with Crippen molar-refractivity contribution in [2.45, 2.75) is 13.3 Å². The van der Waals surface area contributed by atoms with Gasteiger partial charge in [0, 0.05) is 5.69 Å². The molecule has 2 rings (SSSR count). The molecule has 0 saturated carbocycles. The highest BCUT2D eigenvalue weighted by atomic mass is 16.1. The number of nitrogens with two attached hydrogens (primary N) is 1. The van der Waals surface area contributed by atoms with Gasteiger partial charge in [-0.25, -0.2) is 0 Å². The smallest absolute Gasteiger partial charge is 0.228 e. The van der Waals surface area contributed by atoms with Gasteiger partial charge in [-0.2, -0.15) is 5.26 Å². The third-order valence-electron chi connectivity index (χ3n) is 2.92. The summed E-state index contributed by atoms with van der Waals surface area (Å²) < 4.78 is 0. The number of rotatable bonds is 3. The van der Waals surface area contributed by atoms with E-state index in [-0.39, 0.29) is 12.3 Å². The molecule has 20 heavy (non-hydrogen) atoms. The lowest BCUT2D eigenvalue weighted by atomic mass is 10.1. The van der Waals surface area contributed by atoms with Crippen molar-refractivity contribution in [2.24, 2.45) is 0 Å². The first kappa shape index (κ1) is 13.6. The number of hydrogen-bond acceptors (Lipinski definition) is 3. The van der Waals surface area contributed by atoms with Gasteiger partial charge >= 0.3 is 0 Å². The molecule has 100 valence electrons. The first-order valence-electron chi connectivity index (χ1n) is 6.23. The van der Waals surface area contributed by atoms with E-state index in [1.807, 2.05) is 37.3 Å². The van der Waals surface area contributed by atoms with E-state index in [9.17, 15) is 4.79 Å². The number of nitrogen functional groups attached to an aromatic ring is 1. The van der Waals surface area contributed by atoms with Crippen LogP contribution in [-0.4, -0.2) is 5.91 Å². The summed E-state index contributed by atoms with van der Waals surface area (Å²) in [4.78, 5) is 12.0. The Hall–Kier alpha value is -2.80. The average molecular weight is 265 g/mol. The van der Waals surface area contributed by atoms with Crippen molar-refractivity contribution >= 4 is 17.3 Å².